The highest BCUT2D eigenvalue weighted by Crippen LogP contribution is 2.38. The third kappa shape index (κ3) is 1.53. The second-order valence-electron chi connectivity index (χ2n) is 3.42. The summed E-state index contributed by atoms with van der Waals surface area (Å²) in [7, 11) is 0. The number of rotatable bonds is 1. The Kier molecular flexibility index (Phi) is 2.45. The smallest absolute Gasteiger partial charge is 0.0180 e. The monoisotopic (exact) mass is 190 g/mol. The molecule has 0 aromatic rings. The van der Waals surface area contributed by atoms with Gasteiger partial charge in [-0.25, -0.2) is 0 Å². The summed E-state index contributed by atoms with van der Waals surface area (Å²) in [6.45, 7) is 2.22. The van der Waals surface area contributed by atoms with Crippen LogP contribution in [0.4, 0.5) is 0 Å². The molecule has 2 unspecified atom stereocenters. The lowest BCUT2D eigenvalue weighted by Gasteiger charge is -2.13. The Labute approximate surface area is 84.1 Å². The molecule has 0 N–H and O–H groups in total. The van der Waals surface area contributed by atoms with E-state index in [1.807, 2.05) is 11.8 Å². The van der Waals surface area contributed by atoms with E-state index in [0.717, 1.165) is 0 Å². The minimum Gasteiger partial charge on any atom is -0.134 e. The molecule has 2 bridgehead atoms. The second kappa shape index (κ2) is 3.59. The van der Waals surface area contributed by atoms with Gasteiger partial charge in [-0.3, -0.25) is 0 Å². The van der Waals surface area contributed by atoms with E-state index in [1.165, 1.54) is 4.91 Å². The minimum absolute atomic E-state index is 0.549. The number of hydrogen-bond acceptors (Lipinski definition) is 1. The molecule has 0 saturated carbocycles. The van der Waals surface area contributed by atoms with E-state index in [0.29, 0.717) is 11.8 Å². The Balaban J connectivity index is 2.43. The van der Waals surface area contributed by atoms with Crippen LogP contribution in [0.15, 0.2) is 46.9 Å². The molecule has 2 aliphatic rings. The zero-order valence-corrected chi connectivity index (χ0v) is 8.84. The predicted molar refractivity (Wildman–Crippen MR) is 60.6 cm³/mol. The summed E-state index contributed by atoms with van der Waals surface area (Å²) >= 11 is 1.86. The van der Waals surface area contributed by atoms with Crippen molar-refractivity contribution in [3.05, 3.63) is 46.9 Å². The van der Waals surface area contributed by atoms with E-state index in [1.54, 1.807) is 5.57 Å². The molecule has 1 heteroatoms. The van der Waals surface area contributed by atoms with E-state index in [4.69, 9.17) is 0 Å². The molecule has 0 saturated heterocycles. The molecule has 2 rings (SSSR count). The zero-order chi connectivity index (χ0) is 9.26. The molecule has 0 heterocycles. The van der Waals surface area contributed by atoms with Crippen molar-refractivity contribution in [3.63, 3.8) is 0 Å². The fourth-order valence-electron chi connectivity index (χ4n) is 1.96. The Bertz CT molecular complexity index is 294. The Morgan fingerprint density at radius 1 is 1.08 bits per heavy atom. The number of thioether (sulfide) groups is 1. The Hall–Kier alpha value is -0.690. The molecule has 0 aromatic carbocycles. The van der Waals surface area contributed by atoms with Crippen LogP contribution in [0.1, 0.15) is 6.92 Å². The summed E-state index contributed by atoms with van der Waals surface area (Å²) in [6.07, 6.45) is 15.6. The van der Waals surface area contributed by atoms with Gasteiger partial charge in [-0.1, -0.05) is 36.5 Å². The van der Waals surface area contributed by atoms with Crippen LogP contribution >= 0.6 is 11.8 Å². The number of fused-ring (bicyclic) bond motifs is 2. The van der Waals surface area contributed by atoms with Gasteiger partial charge in [0.2, 0.25) is 0 Å². The van der Waals surface area contributed by atoms with Crippen molar-refractivity contribution in [2.75, 3.05) is 6.26 Å². The third-order valence-corrected chi connectivity index (χ3v) is 3.55. The van der Waals surface area contributed by atoms with E-state index in [9.17, 15) is 0 Å². The quantitative estimate of drug-likeness (QED) is 0.570. The first-order chi connectivity index (χ1) is 6.33. The van der Waals surface area contributed by atoms with Crippen LogP contribution in [0.3, 0.4) is 0 Å². The molecule has 0 fully saturated rings. The largest absolute Gasteiger partial charge is 0.134 e. The highest BCUT2D eigenvalue weighted by molar-refractivity contribution is 8.02. The van der Waals surface area contributed by atoms with Gasteiger partial charge in [-0.05, 0) is 23.7 Å². The normalized spacial score (nSPS) is 29.5. The summed E-state index contributed by atoms with van der Waals surface area (Å²) in [5.74, 6) is 1.10. The van der Waals surface area contributed by atoms with Gasteiger partial charge < -0.3 is 0 Å². The maximum Gasteiger partial charge on any atom is 0.0180 e. The van der Waals surface area contributed by atoms with Gasteiger partial charge >= 0.3 is 0 Å². The second-order valence-corrected chi connectivity index (χ2v) is 4.44. The first-order valence-electron chi connectivity index (χ1n) is 4.61. The van der Waals surface area contributed by atoms with Crippen molar-refractivity contribution in [2.24, 2.45) is 11.8 Å². The van der Waals surface area contributed by atoms with Gasteiger partial charge in [-0.15, -0.1) is 11.8 Å². The maximum absolute atomic E-state index is 2.31. The van der Waals surface area contributed by atoms with Crippen molar-refractivity contribution < 1.29 is 0 Å². The minimum atomic E-state index is 0.549. The molecule has 0 spiro atoms. The topological polar surface area (TPSA) is 0 Å². The van der Waals surface area contributed by atoms with Crippen LogP contribution < -0.4 is 0 Å². The molecule has 0 aromatic heterocycles. The summed E-state index contributed by atoms with van der Waals surface area (Å²) in [5, 5.41) is 0. The summed E-state index contributed by atoms with van der Waals surface area (Å²) < 4.78 is 0. The summed E-state index contributed by atoms with van der Waals surface area (Å²) in [4.78, 5) is 1.47. The highest BCUT2D eigenvalue weighted by Gasteiger charge is 2.24. The molecule has 68 valence electrons. The van der Waals surface area contributed by atoms with Crippen molar-refractivity contribution in [3.8, 4) is 0 Å². The summed E-state index contributed by atoms with van der Waals surface area (Å²) in [6, 6.07) is 0. The third-order valence-electron chi connectivity index (χ3n) is 2.70. The van der Waals surface area contributed by atoms with E-state index < -0.39 is 0 Å². The first kappa shape index (κ1) is 8.89. The Morgan fingerprint density at radius 3 is 2.08 bits per heavy atom. The lowest BCUT2D eigenvalue weighted by Crippen LogP contribution is -2.00. The van der Waals surface area contributed by atoms with Crippen LogP contribution in [0, 0.1) is 11.8 Å². The molecule has 0 radical (unpaired) electrons. The highest BCUT2D eigenvalue weighted by atomic mass is 32.2. The van der Waals surface area contributed by atoms with Gasteiger partial charge in [0.15, 0.2) is 0 Å². The van der Waals surface area contributed by atoms with Crippen molar-refractivity contribution in [1.29, 1.82) is 0 Å². The van der Waals surface area contributed by atoms with Crippen LogP contribution in [0.2, 0.25) is 0 Å². The molecule has 13 heavy (non-hydrogen) atoms. The molecular formula is C12H14S. The molecule has 0 nitrogen and oxygen atoms in total. The van der Waals surface area contributed by atoms with Gasteiger partial charge in [-0.2, -0.15) is 0 Å². The SMILES string of the molecule is CSC(C)=C1C2C=CC=CC1C=C2. The Morgan fingerprint density at radius 2 is 1.62 bits per heavy atom. The zero-order valence-electron chi connectivity index (χ0n) is 8.03. The fraction of sp³-hybridized carbons (Fsp3) is 0.333. The molecule has 2 atom stereocenters. The summed E-state index contributed by atoms with van der Waals surface area (Å²) in [5.41, 5.74) is 1.57. The van der Waals surface area contributed by atoms with Crippen LogP contribution in [0.5, 0.6) is 0 Å². The van der Waals surface area contributed by atoms with Crippen LogP contribution in [-0.4, -0.2) is 6.26 Å². The molecule has 0 aliphatic heterocycles. The standard InChI is InChI=1S/C12H14S/c1-9(13-2)12-10-5-3-4-6-11(12)8-7-10/h3-8,10-11H,1-2H3. The van der Waals surface area contributed by atoms with Crippen LogP contribution in [-0.2, 0) is 0 Å². The van der Waals surface area contributed by atoms with Gasteiger partial charge in [0.25, 0.3) is 0 Å². The predicted octanol–water partition coefficient (Wildman–Crippen LogP) is 3.55. The average Bonchev–Trinajstić information content (AvgIpc) is 2.38. The molecule has 2 aliphatic carbocycles. The van der Waals surface area contributed by atoms with E-state index >= 15 is 0 Å². The van der Waals surface area contributed by atoms with Crippen molar-refractivity contribution in [1.82, 2.24) is 0 Å². The lowest BCUT2D eigenvalue weighted by atomic mass is 9.96. The van der Waals surface area contributed by atoms with Gasteiger partial charge in [0.05, 0.1) is 0 Å². The van der Waals surface area contributed by atoms with E-state index in [2.05, 4.69) is 49.6 Å². The number of allylic oxidation sites excluding steroid dienone is 8. The van der Waals surface area contributed by atoms with E-state index in [-0.39, 0.29) is 0 Å². The molecular weight excluding hydrogens is 176 g/mol. The fourth-order valence-corrected chi connectivity index (χ4v) is 2.47. The first-order valence-corrected chi connectivity index (χ1v) is 5.83. The van der Waals surface area contributed by atoms with Gasteiger partial charge in [0.1, 0.15) is 0 Å². The lowest BCUT2D eigenvalue weighted by molar-refractivity contribution is 0.885. The molecule has 0 amide bonds. The average molecular weight is 190 g/mol. The maximum atomic E-state index is 2.31. The van der Waals surface area contributed by atoms with Crippen LogP contribution in [0.25, 0.3) is 0 Å². The van der Waals surface area contributed by atoms with Gasteiger partial charge in [0, 0.05) is 11.8 Å². The van der Waals surface area contributed by atoms with Crippen molar-refractivity contribution in [2.45, 2.75) is 6.92 Å². The van der Waals surface area contributed by atoms with Crippen molar-refractivity contribution >= 4 is 11.8 Å². The number of hydrogen-bond donors (Lipinski definition) is 0.